The number of carbonyl (C=O) groups is 3. The molecular formula is C59H80FN9O4S. The molecule has 13 nitrogen and oxygen atoms in total. The highest BCUT2D eigenvalue weighted by molar-refractivity contribution is 7.92. The molecule has 0 radical (unpaired) electrons. The number of piperidine rings is 2. The lowest BCUT2D eigenvalue weighted by Crippen LogP contribution is -2.47. The summed E-state index contributed by atoms with van der Waals surface area (Å²) in [6.45, 7) is 25.0. The molecule has 3 aliphatic rings. The number of ether oxygens (including phenoxy) is 1. The van der Waals surface area contributed by atoms with Crippen LogP contribution in [-0.2, 0) is 21.4 Å². The Morgan fingerprint density at radius 2 is 1.69 bits per heavy atom. The van der Waals surface area contributed by atoms with Crippen LogP contribution in [0.2, 0.25) is 0 Å². The number of amides is 2. The Balaban J connectivity index is 0.000000252. The summed E-state index contributed by atoms with van der Waals surface area (Å²) in [4.78, 5) is 48.5. The number of halogens is 1. The van der Waals surface area contributed by atoms with Gasteiger partial charge in [-0.3, -0.25) is 24.6 Å². The number of anilines is 1. The number of carbonyl (C=O) groups excluding carboxylic acids is 3. The number of amidine groups is 1. The van der Waals surface area contributed by atoms with Crippen LogP contribution >= 0.6 is 12.3 Å². The quantitative estimate of drug-likeness (QED) is 0.0495. The van der Waals surface area contributed by atoms with E-state index in [9.17, 15) is 18.3 Å². The van der Waals surface area contributed by atoms with Crippen LogP contribution in [0.25, 0.3) is 16.6 Å². The molecule has 5 heterocycles. The van der Waals surface area contributed by atoms with Gasteiger partial charge in [-0.05, 0) is 156 Å². The Labute approximate surface area is 444 Å². The Kier molecular flexibility index (Phi) is 23.8. The molecule has 2 atom stereocenters. The summed E-state index contributed by atoms with van der Waals surface area (Å²) >= 11 is 0.0833. The van der Waals surface area contributed by atoms with E-state index in [1.54, 1.807) is 32.5 Å². The standard InChI is InChI=1S/C32H36FN5O2S.C14H31N.C13H13N3O2/c1-21-6-7-27(19-38(41-33)31(35-21)20-40-5)28-12-15-34-32-29(28)18-30(36(32)4)22(2)37-16-13-26(14-17-37)25-10-8-24(9-11-25)23(3)39;1-5-9-14(10-6-2)13-15(11-7-3)12-8-4;1-8-2-3-10(6-9(8)7-14)15-11-4-5-12(17)16-13(11)18/h6-12,15,18-19,22,26H,1,13-14,16-17,20H2,2-5H3;14H,5-13H2,1-4H3;2-3,6,11,15H,4-5H2,1H3,(H,16,17,18)/b7-6-,27-19+,35-31?;;. The highest BCUT2D eigenvalue weighted by Gasteiger charge is 2.28. The molecule has 0 saturated carbocycles. The van der Waals surface area contributed by atoms with Crippen LogP contribution in [0.1, 0.15) is 156 Å². The molecule has 2 N–H and O–H groups in total. The third kappa shape index (κ3) is 16.5. The molecule has 74 heavy (non-hydrogen) atoms. The second-order valence-corrected chi connectivity index (χ2v) is 20.2. The number of rotatable bonds is 20. The van der Waals surface area contributed by atoms with E-state index in [-0.39, 0.29) is 42.6 Å². The number of benzene rings is 2. The first-order valence-corrected chi connectivity index (χ1v) is 27.2. The molecule has 2 aromatic carbocycles. The molecule has 398 valence electrons. The molecule has 2 amide bonds. The molecule has 3 aliphatic heterocycles. The number of nitrogens with one attached hydrogen (secondary N) is 2. The lowest BCUT2D eigenvalue weighted by atomic mass is 9.88. The molecule has 2 unspecified atom stereocenters. The molecule has 15 heteroatoms. The number of nitrogens with zero attached hydrogens (tertiary/aromatic N) is 7. The number of aromatic nitrogens is 2. The first kappa shape index (κ1) is 59.0. The number of allylic oxidation sites excluding steroid dienone is 3. The number of methoxy groups -OCH3 is 1. The smallest absolute Gasteiger partial charge is 0.249 e. The third-order valence-electron chi connectivity index (χ3n) is 14.1. The fourth-order valence-corrected chi connectivity index (χ4v) is 10.4. The van der Waals surface area contributed by atoms with Crippen LogP contribution in [0, 0.1) is 24.2 Å². The van der Waals surface area contributed by atoms with Gasteiger partial charge in [-0.25, -0.2) is 14.3 Å². The highest BCUT2D eigenvalue weighted by atomic mass is 32.2. The van der Waals surface area contributed by atoms with Gasteiger partial charge in [0, 0.05) is 67.9 Å². The fourth-order valence-electron chi connectivity index (χ4n) is 10.1. The molecule has 2 aromatic heterocycles. The number of fused-ring (bicyclic) bond motifs is 1. The van der Waals surface area contributed by atoms with E-state index in [1.807, 2.05) is 49.4 Å². The number of Topliss-reactive ketones (excluding diaryl/α,β-unsaturated/α-hetero) is 1. The van der Waals surface area contributed by atoms with Crippen molar-refractivity contribution in [1.29, 1.82) is 5.26 Å². The average molecular weight is 1030 g/mol. The number of hydrogen-bond donors (Lipinski definition) is 2. The molecule has 2 fully saturated rings. The van der Waals surface area contributed by atoms with Crippen LogP contribution in [0.5, 0.6) is 0 Å². The van der Waals surface area contributed by atoms with Gasteiger partial charge in [0.1, 0.15) is 24.1 Å². The molecule has 0 aliphatic carbocycles. The zero-order valence-corrected chi connectivity index (χ0v) is 46.2. The van der Waals surface area contributed by atoms with E-state index in [2.05, 4.69) is 103 Å². The molecule has 7 rings (SSSR count). The van der Waals surface area contributed by atoms with E-state index in [1.165, 1.54) is 73.7 Å². The van der Waals surface area contributed by atoms with E-state index in [4.69, 9.17) is 15.0 Å². The van der Waals surface area contributed by atoms with Gasteiger partial charge < -0.3 is 19.5 Å². The van der Waals surface area contributed by atoms with Crippen molar-refractivity contribution in [2.45, 2.75) is 131 Å². The number of likely N-dealkylation sites (tertiary alicyclic amines) is 1. The number of nitriles is 1. The predicted molar refractivity (Wildman–Crippen MR) is 301 cm³/mol. The first-order chi connectivity index (χ1) is 35.7. The monoisotopic (exact) mass is 1030 g/mol. The molecular weight excluding hydrogens is 950 g/mol. The van der Waals surface area contributed by atoms with Crippen molar-refractivity contribution in [3.05, 3.63) is 125 Å². The maximum Gasteiger partial charge on any atom is 0.249 e. The predicted octanol–water partition coefficient (Wildman–Crippen LogP) is 12.4. The largest absolute Gasteiger partial charge is 0.377 e. The second-order valence-electron chi connectivity index (χ2n) is 19.7. The van der Waals surface area contributed by atoms with Crippen molar-refractivity contribution in [2.24, 2.45) is 18.0 Å². The van der Waals surface area contributed by atoms with Gasteiger partial charge in [-0.1, -0.05) is 83.5 Å². The Morgan fingerprint density at radius 3 is 2.28 bits per heavy atom. The zero-order chi connectivity index (χ0) is 53.7. The number of aliphatic imine (C=N–C) groups is 1. The maximum absolute atomic E-state index is 14.0. The van der Waals surface area contributed by atoms with Crippen LogP contribution in [-0.4, -0.2) is 99.6 Å². The van der Waals surface area contributed by atoms with Gasteiger partial charge in [-0.2, -0.15) is 5.26 Å². The summed E-state index contributed by atoms with van der Waals surface area (Å²) in [5.74, 6) is 1.42. The van der Waals surface area contributed by atoms with Crippen LogP contribution in [0.3, 0.4) is 0 Å². The van der Waals surface area contributed by atoms with E-state index < -0.39 is 6.04 Å². The first-order valence-electron chi connectivity index (χ1n) is 26.5. The van der Waals surface area contributed by atoms with Crippen molar-refractivity contribution in [3.63, 3.8) is 0 Å². The number of pyridine rings is 1. The SMILES string of the molecule is C=C1/C=C\C(c2ccnc3c2cc(C(C)N2CCC(c4ccc(C(C)=O)cc4)CC2)n3C)=C/N(SF)C(COC)=N1.CCCC(CCC)CN(CCC)CCC.Cc1ccc(NC2CCC(=O)NC2=O)cc1C#N. The van der Waals surface area contributed by atoms with E-state index in [0.717, 1.165) is 65.1 Å². The topological polar surface area (TPSA) is 148 Å². The molecule has 0 bridgehead atoms. The fraction of sp³-hybridized carbons (Fsp3) is 0.492. The Hall–Kier alpha value is -5.92. The number of ketones is 1. The lowest BCUT2D eigenvalue weighted by Gasteiger charge is -2.36. The molecule has 4 aromatic rings. The lowest BCUT2D eigenvalue weighted by molar-refractivity contribution is -0.133. The van der Waals surface area contributed by atoms with Crippen LogP contribution in [0.4, 0.5) is 9.57 Å². The third-order valence-corrected chi connectivity index (χ3v) is 14.6. The normalized spacial score (nSPS) is 18.0. The number of aryl methyl sites for hydroxylation is 2. The van der Waals surface area contributed by atoms with Crippen LogP contribution < -0.4 is 10.6 Å². The Morgan fingerprint density at radius 1 is 1.00 bits per heavy atom. The summed E-state index contributed by atoms with van der Waals surface area (Å²) in [7, 11) is 3.62. The van der Waals surface area contributed by atoms with E-state index >= 15 is 0 Å². The van der Waals surface area contributed by atoms with Crippen molar-refractivity contribution < 1.29 is 23.0 Å². The van der Waals surface area contributed by atoms with E-state index in [0.29, 0.717) is 41.5 Å². The second kappa shape index (κ2) is 29.8. The Bertz CT molecular complexity index is 2620. The van der Waals surface area contributed by atoms with Gasteiger partial charge in [0.05, 0.1) is 17.3 Å². The van der Waals surface area contributed by atoms with Crippen molar-refractivity contribution in [3.8, 4) is 6.07 Å². The maximum atomic E-state index is 14.0. The summed E-state index contributed by atoms with van der Waals surface area (Å²) in [6, 6.07) is 19.5. The van der Waals surface area contributed by atoms with Crippen molar-refractivity contribution >= 4 is 58.1 Å². The van der Waals surface area contributed by atoms with Gasteiger partial charge in [0.2, 0.25) is 11.8 Å². The summed E-state index contributed by atoms with van der Waals surface area (Å²) in [6.07, 6.45) is 18.3. The van der Waals surface area contributed by atoms with Gasteiger partial charge in [0.15, 0.2) is 18.1 Å². The van der Waals surface area contributed by atoms with Crippen molar-refractivity contribution in [1.82, 2.24) is 29.0 Å². The number of hydrogen-bond acceptors (Lipinski definition) is 12. The number of imide groups is 1. The van der Waals surface area contributed by atoms with Gasteiger partial charge >= 0.3 is 0 Å². The summed E-state index contributed by atoms with van der Waals surface area (Å²) in [5, 5.41) is 15.3. The molecule has 0 spiro atoms. The van der Waals surface area contributed by atoms with Gasteiger partial charge in [-0.15, -0.1) is 3.89 Å². The highest BCUT2D eigenvalue weighted by Crippen LogP contribution is 2.36. The summed E-state index contributed by atoms with van der Waals surface area (Å²) in [5.41, 5.74) is 8.62. The summed E-state index contributed by atoms with van der Waals surface area (Å²) < 4.78 is 22.8. The minimum Gasteiger partial charge on any atom is -0.377 e. The molecule has 2 saturated heterocycles. The van der Waals surface area contributed by atoms with Crippen LogP contribution in [0.15, 0.2) is 96.4 Å². The average Bonchev–Trinajstić information content (AvgIpc) is 3.73. The zero-order valence-electron chi connectivity index (χ0n) is 45.4. The minimum atomic E-state index is -0.419. The van der Waals surface area contributed by atoms with Gasteiger partial charge in [0.25, 0.3) is 0 Å². The van der Waals surface area contributed by atoms with Crippen molar-refractivity contribution in [2.75, 3.05) is 51.8 Å². The minimum absolute atomic E-state index is 0.0833.